The summed E-state index contributed by atoms with van der Waals surface area (Å²) in [7, 11) is 0. The van der Waals surface area contributed by atoms with Crippen molar-refractivity contribution in [3.63, 3.8) is 0 Å². The number of alkyl halides is 1. The van der Waals surface area contributed by atoms with Crippen LogP contribution in [0.1, 0.15) is 10.4 Å². The molecule has 0 unspecified atom stereocenters. The number of H-pyrrole nitrogens is 1. The smallest absolute Gasteiger partial charge is 0.326 e. The van der Waals surface area contributed by atoms with Crippen LogP contribution in [0.25, 0.3) is 0 Å². The molecule has 1 aromatic heterocycles. The molecular formula is C14H10Cl3N3O3. The Kier molecular flexibility index (Phi) is 6.04. The van der Waals surface area contributed by atoms with Gasteiger partial charge in [0.25, 0.3) is 0 Å². The van der Waals surface area contributed by atoms with Crippen LogP contribution in [0, 0.1) is 0 Å². The first-order valence-electron chi connectivity index (χ1n) is 6.26. The van der Waals surface area contributed by atoms with Crippen LogP contribution in [0.2, 0.25) is 10.2 Å². The molecule has 0 saturated heterocycles. The number of hydrogen-bond donors (Lipinski definition) is 2. The molecule has 23 heavy (non-hydrogen) atoms. The van der Waals surface area contributed by atoms with Crippen LogP contribution in [0.15, 0.2) is 41.6 Å². The molecule has 0 radical (unpaired) electrons. The fourth-order valence-corrected chi connectivity index (χ4v) is 2.01. The lowest BCUT2D eigenvalue weighted by Crippen LogP contribution is -2.22. The third-order valence-electron chi connectivity index (χ3n) is 2.60. The van der Waals surface area contributed by atoms with Gasteiger partial charge in [0, 0.05) is 0 Å². The lowest BCUT2D eigenvalue weighted by Gasteiger charge is -2.04. The van der Waals surface area contributed by atoms with Crippen LogP contribution >= 0.6 is 34.8 Å². The fraction of sp³-hybridized carbons (Fsp3) is 0.0714. The van der Waals surface area contributed by atoms with Crippen molar-refractivity contribution < 1.29 is 14.4 Å². The average Bonchev–Trinajstić information content (AvgIpc) is 2.55. The zero-order chi connectivity index (χ0) is 16.8. The van der Waals surface area contributed by atoms with Gasteiger partial charge >= 0.3 is 5.97 Å². The molecule has 1 aromatic carbocycles. The number of nitrogens with one attached hydrogen (secondary N) is 2. The number of hydrogen-bond acceptors (Lipinski definition) is 4. The minimum absolute atomic E-state index is 0.0522. The maximum Gasteiger partial charge on any atom is 0.367 e. The quantitative estimate of drug-likeness (QED) is 0.373. The van der Waals surface area contributed by atoms with Crippen LogP contribution in [-0.2, 0) is 9.63 Å². The van der Waals surface area contributed by atoms with Crippen molar-refractivity contribution in [3.05, 3.63) is 57.6 Å². The Balaban J connectivity index is 2.28. The number of anilines is 1. The summed E-state index contributed by atoms with van der Waals surface area (Å²) in [5, 5.41) is 6.63. The SMILES string of the molecule is O=C(CCl)Nc1ccc(Cl)[nH]c1=NOC(=O)c1ccccc1Cl. The molecule has 0 bridgehead atoms. The number of aromatic amines is 1. The van der Waals surface area contributed by atoms with Crippen LogP contribution in [0.3, 0.4) is 0 Å². The summed E-state index contributed by atoms with van der Waals surface area (Å²) >= 11 is 17.2. The molecule has 0 saturated carbocycles. The van der Waals surface area contributed by atoms with E-state index in [0.29, 0.717) is 0 Å². The third kappa shape index (κ3) is 4.72. The first-order chi connectivity index (χ1) is 11.0. The molecule has 1 heterocycles. The highest BCUT2D eigenvalue weighted by Crippen LogP contribution is 2.15. The van der Waals surface area contributed by atoms with Crippen molar-refractivity contribution in [2.24, 2.45) is 5.16 Å². The first kappa shape index (κ1) is 17.3. The first-order valence-corrected chi connectivity index (χ1v) is 7.55. The Morgan fingerprint density at radius 1 is 1.17 bits per heavy atom. The second-order valence-electron chi connectivity index (χ2n) is 4.20. The van der Waals surface area contributed by atoms with Gasteiger partial charge in [0.1, 0.15) is 11.0 Å². The van der Waals surface area contributed by atoms with Crippen molar-refractivity contribution in [3.8, 4) is 0 Å². The van der Waals surface area contributed by atoms with Gasteiger partial charge in [-0.3, -0.25) is 4.79 Å². The standard InChI is InChI=1S/C14H10Cl3N3O3/c15-7-12(21)18-10-5-6-11(17)19-13(10)20-23-14(22)8-3-1-2-4-9(8)16/h1-6H,7H2,(H,18,21)(H,19,20). The largest absolute Gasteiger partial charge is 0.367 e. The van der Waals surface area contributed by atoms with Crippen molar-refractivity contribution in [1.29, 1.82) is 0 Å². The summed E-state index contributed by atoms with van der Waals surface area (Å²) in [5.41, 5.74) is 0.467. The minimum Gasteiger partial charge on any atom is -0.326 e. The van der Waals surface area contributed by atoms with Gasteiger partial charge in [-0.2, -0.15) is 0 Å². The van der Waals surface area contributed by atoms with Gasteiger partial charge < -0.3 is 15.1 Å². The number of halogens is 3. The molecule has 0 aliphatic heterocycles. The van der Waals surface area contributed by atoms with Gasteiger partial charge in [-0.25, -0.2) is 4.79 Å². The molecule has 1 amide bonds. The Hall–Kier alpha value is -2.02. The second kappa shape index (κ2) is 8.01. The molecule has 0 atom stereocenters. The van der Waals surface area contributed by atoms with E-state index < -0.39 is 11.9 Å². The molecule has 9 heteroatoms. The Bertz CT molecular complexity index is 805. The molecule has 0 aliphatic rings. The number of amides is 1. The topological polar surface area (TPSA) is 83.6 Å². The number of carbonyl (C=O) groups excluding carboxylic acids is 2. The molecular weight excluding hydrogens is 365 g/mol. The van der Waals surface area contributed by atoms with E-state index >= 15 is 0 Å². The van der Waals surface area contributed by atoms with Gasteiger partial charge in [-0.05, 0) is 24.3 Å². The lowest BCUT2D eigenvalue weighted by molar-refractivity contribution is -0.113. The van der Waals surface area contributed by atoms with Crippen molar-refractivity contribution in [2.75, 3.05) is 11.2 Å². The summed E-state index contributed by atoms with van der Waals surface area (Å²) in [6.07, 6.45) is 0. The third-order valence-corrected chi connectivity index (χ3v) is 3.39. The van der Waals surface area contributed by atoms with Crippen molar-refractivity contribution in [1.82, 2.24) is 4.98 Å². The van der Waals surface area contributed by atoms with Gasteiger partial charge in [0.15, 0.2) is 5.49 Å². The summed E-state index contributed by atoms with van der Waals surface area (Å²) in [6.45, 7) is 0. The minimum atomic E-state index is -0.751. The summed E-state index contributed by atoms with van der Waals surface area (Å²) < 4.78 is 0. The highest BCUT2D eigenvalue weighted by atomic mass is 35.5. The molecule has 120 valence electrons. The second-order valence-corrected chi connectivity index (χ2v) is 5.28. The number of carbonyl (C=O) groups is 2. The number of rotatable bonds is 4. The molecule has 6 nitrogen and oxygen atoms in total. The number of aromatic nitrogens is 1. The van der Waals surface area contributed by atoms with E-state index in [0.717, 1.165) is 0 Å². The number of nitrogens with zero attached hydrogens (tertiary/aromatic N) is 1. The monoisotopic (exact) mass is 373 g/mol. The van der Waals surface area contributed by atoms with Crippen LogP contribution in [0.4, 0.5) is 5.69 Å². The van der Waals surface area contributed by atoms with Crippen molar-refractivity contribution >= 4 is 52.4 Å². The van der Waals surface area contributed by atoms with E-state index in [1.165, 1.54) is 18.2 Å². The summed E-state index contributed by atoms with van der Waals surface area (Å²) in [4.78, 5) is 30.8. The van der Waals surface area contributed by atoms with Crippen LogP contribution in [-0.4, -0.2) is 22.7 Å². The predicted octanol–water partition coefficient (Wildman–Crippen LogP) is 3.17. The Labute approximate surface area is 146 Å². The molecule has 2 aromatic rings. The molecule has 0 fully saturated rings. The summed E-state index contributed by atoms with van der Waals surface area (Å²) in [6, 6.07) is 9.36. The Morgan fingerprint density at radius 2 is 1.91 bits per heavy atom. The average molecular weight is 375 g/mol. The van der Waals surface area contributed by atoms with Gasteiger partial charge in [-0.15, -0.1) is 11.6 Å². The number of benzene rings is 1. The highest BCUT2D eigenvalue weighted by Gasteiger charge is 2.11. The van der Waals surface area contributed by atoms with Crippen LogP contribution in [0.5, 0.6) is 0 Å². The lowest BCUT2D eigenvalue weighted by atomic mass is 10.2. The predicted molar refractivity (Wildman–Crippen MR) is 87.6 cm³/mol. The van der Waals surface area contributed by atoms with Crippen LogP contribution < -0.4 is 10.8 Å². The van der Waals surface area contributed by atoms with E-state index in [-0.39, 0.29) is 32.8 Å². The molecule has 2 N–H and O–H groups in total. The fourth-order valence-electron chi connectivity index (χ4n) is 1.58. The Morgan fingerprint density at radius 3 is 2.61 bits per heavy atom. The van der Waals surface area contributed by atoms with E-state index in [9.17, 15) is 9.59 Å². The highest BCUT2D eigenvalue weighted by molar-refractivity contribution is 6.33. The summed E-state index contributed by atoms with van der Waals surface area (Å²) in [5.74, 6) is -1.43. The zero-order valence-electron chi connectivity index (χ0n) is 11.5. The van der Waals surface area contributed by atoms with Gasteiger partial charge in [0.2, 0.25) is 5.91 Å². The van der Waals surface area contributed by atoms with E-state index in [1.54, 1.807) is 18.2 Å². The maximum atomic E-state index is 12.0. The van der Waals surface area contributed by atoms with E-state index in [4.69, 9.17) is 39.6 Å². The van der Waals surface area contributed by atoms with E-state index in [1.807, 2.05) is 0 Å². The zero-order valence-corrected chi connectivity index (χ0v) is 13.7. The van der Waals surface area contributed by atoms with Gasteiger partial charge in [-0.1, -0.05) is 40.5 Å². The van der Waals surface area contributed by atoms with Gasteiger partial charge in [0.05, 0.1) is 16.3 Å². The molecule has 0 aliphatic carbocycles. The van der Waals surface area contributed by atoms with Crippen molar-refractivity contribution in [2.45, 2.75) is 0 Å². The molecule has 0 spiro atoms. The normalized spacial score (nSPS) is 11.2. The maximum absolute atomic E-state index is 12.0. The van der Waals surface area contributed by atoms with E-state index in [2.05, 4.69) is 15.5 Å². The molecule has 2 rings (SSSR count). The number of pyridine rings is 1.